The molecule has 1 fully saturated rings. The molecule has 0 saturated carbocycles. The summed E-state index contributed by atoms with van der Waals surface area (Å²) in [7, 11) is -3.13. The van der Waals surface area contributed by atoms with E-state index in [4.69, 9.17) is 0 Å². The van der Waals surface area contributed by atoms with Crippen molar-refractivity contribution >= 4 is 9.84 Å². The van der Waals surface area contributed by atoms with Crippen molar-refractivity contribution in [3.8, 4) is 0 Å². The third kappa shape index (κ3) is 3.39. The molecule has 118 valence electrons. The maximum atomic E-state index is 11.5. The molecule has 1 N–H and O–H groups in total. The van der Waals surface area contributed by atoms with Crippen molar-refractivity contribution in [2.75, 3.05) is 12.8 Å². The molecule has 0 amide bonds. The minimum absolute atomic E-state index is 0.367. The van der Waals surface area contributed by atoms with Crippen molar-refractivity contribution < 1.29 is 8.42 Å². The predicted octanol–water partition coefficient (Wildman–Crippen LogP) is 2.54. The summed E-state index contributed by atoms with van der Waals surface area (Å²) in [6.45, 7) is 1.88. The van der Waals surface area contributed by atoms with E-state index >= 15 is 0 Å². The Morgan fingerprint density at radius 1 is 1.23 bits per heavy atom. The highest BCUT2D eigenvalue weighted by Crippen LogP contribution is 2.30. The van der Waals surface area contributed by atoms with E-state index in [1.54, 1.807) is 18.3 Å². The highest BCUT2D eigenvalue weighted by atomic mass is 32.2. The number of aromatic nitrogens is 2. The van der Waals surface area contributed by atoms with Crippen molar-refractivity contribution in [2.45, 2.75) is 36.7 Å². The lowest BCUT2D eigenvalue weighted by Gasteiger charge is -2.35. The smallest absolute Gasteiger partial charge is 0.175 e. The standard InChI is InChI=1S/C16H21N3O2S/c1-22(20,21)14-7-5-13(6-8-14)12-19-11-3-2-4-16(19)15-9-10-17-18-15/h5-10,16H,2-4,11-12H2,1H3,(H,17,18)/t16-/m0/s1. The maximum absolute atomic E-state index is 11.5. The molecule has 22 heavy (non-hydrogen) atoms. The summed E-state index contributed by atoms with van der Waals surface area (Å²) < 4.78 is 23.0. The van der Waals surface area contributed by atoms with Crippen molar-refractivity contribution in [3.05, 3.63) is 47.8 Å². The van der Waals surface area contributed by atoms with Crippen molar-refractivity contribution in [2.24, 2.45) is 0 Å². The van der Waals surface area contributed by atoms with Crippen LogP contribution >= 0.6 is 0 Å². The topological polar surface area (TPSA) is 66.1 Å². The number of nitrogens with one attached hydrogen (secondary N) is 1. The number of hydrogen-bond acceptors (Lipinski definition) is 4. The van der Waals surface area contributed by atoms with E-state index in [0.29, 0.717) is 10.9 Å². The summed E-state index contributed by atoms with van der Waals surface area (Å²) in [5, 5.41) is 7.14. The van der Waals surface area contributed by atoms with E-state index in [-0.39, 0.29) is 0 Å². The Hall–Kier alpha value is -1.66. The SMILES string of the molecule is CS(=O)(=O)c1ccc(CN2CCCC[C@H]2c2ccn[nH]2)cc1. The average molecular weight is 319 g/mol. The molecule has 1 aliphatic rings. The van der Waals surface area contributed by atoms with E-state index < -0.39 is 9.84 Å². The van der Waals surface area contributed by atoms with Crippen LogP contribution in [0.15, 0.2) is 41.4 Å². The number of aromatic amines is 1. The van der Waals surface area contributed by atoms with Crippen LogP contribution in [-0.4, -0.2) is 36.3 Å². The Bertz CT molecular complexity index is 708. The van der Waals surface area contributed by atoms with Gasteiger partial charge in [-0.25, -0.2) is 8.42 Å². The molecular formula is C16H21N3O2S. The van der Waals surface area contributed by atoms with E-state index in [1.807, 2.05) is 18.2 Å². The molecule has 3 rings (SSSR count). The van der Waals surface area contributed by atoms with Crippen molar-refractivity contribution in [1.82, 2.24) is 15.1 Å². The largest absolute Gasteiger partial charge is 0.291 e. The fourth-order valence-electron chi connectivity index (χ4n) is 3.06. The number of likely N-dealkylation sites (tertiary alicyclic amines) is 1. The fourth-order valence-corrected chi connectivity index (χ4v) is 3.69. The van der Waals surface area contributed by atoms with E-state index in [1.165, 1.54) is 19.1 Å². The second-order valence-electron chi connectivity index (χ2n) is 5.91. The fraction of sp³-hybridized carbons (Fsp3) is 0.438. The van der Waals surface area contributed by atoms with Crippen LogP contribution in [0.2, 0.25) is 0 Å². The Morgan fingerprint density at radius 3 is 2.64 bits per heavy atom. The average Bonchev–Trinajstić information content (AvgIpc) is 3.01. The third-order valence-corrected chi connectivity index (χ3v) is 5.36. The van der Waals surface area contributed by atoms with E-state index in [0.717, 1.165) is 30.8 Å². The minimum atomic E-state index is -3.13. The summed E-state index contributed by atoms with van der Waals surface area (Å²) in [6, 6.07) is 9.62. The lowest BCUT2D eigenvalue weighted by atomic mass is 9.98. The molecule has 1 aliphatic heterocycles. The number of piperidine rings is 1. The molecule has 0 aliphatic carbocycles. The normalized spacial score (nSPS) is 20.1. The second kappa shape index (κ2) is 6.22. The molecule has 1 saturated heterocycles. The highest BCUT2D eigenvalue weighted by molar-refractivity contribution is 7.90. The molecule has 2 heterocycles. The van der Waals surface area contributed by atoms with Gasteiger partial charge < -0.3 is 0 Å². The molecule has 6 heteroatoms. The number of H-pyrrole nitrogens is 1. The molecule has 0 unspecified atom stereocenters. The zero-order valence-electron chi connectivity index (χ0n) is 12.7. The number of nitrogens with zero attached hydrogens (tertiary/aromatic N) is 2. The number of rotatable bonds is 4. The minimum Gasteiger partial charge on any atom is -0.291 e. The summed E-state index contributed by atoms with van der Waals surface area (Å²) in [6.07, 6.45) is 6.59. The van der Waals surface area contributed by atoms with Gasteiger partial charge in [0.15, 0.2) is 9.84 Å². The zero-order valence-corrected chi connectivity index (χ0v) is 13.5. The van der Waals surface area contributed by atoms with Gasteiger partial charge in [0.25, 0.3) is 0 Å². The first-order valence-corrected chi connectivity index (χ1v) is 9.45. The van der Waals surface area contributed by atoms with Crippen LogP contribution in [-0.2, 0) is 16.4 Å². The Kier molecular flexibility index (Phi) is 4.31. The summed E-state index contributed by atoms with van der Waals surface area (Å²) in [5.74, 6) is 0. The lowest BCUT2D eigenvalue weighted by molar-refractivity contribution is 0.137. The van der Waals surface area contributed by atoms with Crippen LogP contribution in [0, 0.1) is 0 Å². The summed E-state index contributed by atoms with van der Waals surface area (Å²) in [5.41, 5.74) is 2.30. The second-order valence-corrected chi connectivity index (χ2v) is 7.93. The van der Waals surface area contributed by atoms with E-state index in [9.17, 15) is 8.42 Å². The van der Waals surface area contributed by atoms with Gasteiger partial charge in [-0.1, -0.05) is 18.6 Å². The number of hydrogen-bond donors (Lipinski definition) is 1. The van der Waals surface area contributed by atoms with Crippen LogP contribution in [0.4, 0.5) is 0 Å². The number of benzene rings is 1. The molecule has 1 aromatic carbocycles. The lowest BCUT2D eigenvalue weighted by Crippen LogP contribution is -2.33. The number of sulfone groups is 1. The predicted molar refractivity (Wildman–Crippen MR) is 85.1 cm³/mol. The van der Waals surface area contributed by atoms with Gasteiger partial charge in [-0.15, -0.1) is 0 Å². The van der Waals surface area contributed by atoms with Gasteiger partial charge in [0.2, 0.25) is 0 Å². The van der Waals surface area contributed by atoms with E-state index in [2.05, 4.69) is 15.1 Å². The molecule has 0 bridgehead atoms. The summed E-state index contributed by atoms with van der Waals surface area (Å²) in [4.78, 5) is 2.81. The Balaban J connectivity index is 1.76. The van der Waals surface area contributed by atoms with Gasteiger partial charge in [0.05, 0.1) is 16.6 Å². The Labute approximate surface area is 131 Å². The molecule has 0 radical (unpaired) electrons. The molecule has 5 nitrogen and oxygen atoms in total. The van der Waals surface area contributed by atoms with Crippen molar-refractivity contribution in [1.29, 1.82) is 0 Å². The Morgan fingerprint density at radius 2 is 2.00 bits per heavy atom. The first-order chi connectivity index (χ1) is 10.5. The first kappa shape index (κ1) is 15.2. The van der Waals surface area contributed by atoms with Crippen molar-refractivity contribution in [3.63, 3.8) is 0 Å². The van der Waals surface area contributed by atoms with Crippen LogP contribution in [0.3, 0.4) is 0 Å². The summed E-state index contributed by atoms with van der Waals surface area (Å²) >= 11 is 0. The van der Waals surface area contributed by atoms with Gasteiger partial charge in [-0.3, -0.25) is 10.00 Å². The van der Waals surface area contributed by atoms with Gasteiger partial charge in [-0.2, -0.15) is 5.10 Å². The first-order valence-electron chi connectivity index (χ1n) is 7.56. The molecular weight excluding hydrogens is 298 g/mol. The van der Waals surface area contributed by atoms with Crippen LogP contribution in [0.5, 0.6) is 0 Å². The monoisotopic (exact) mass is 319 g/mol. The highest BCUT2D eigenvalue weighted by Gasteiger charge is 2.24. The van der Waals surface area contributed by atoms with Gasteiger partial charge in [-0.05, 0) is 43.1 Å². The molecule has 1 aromatic heterocycles. The van der Waals surface area contributed by atoms with Gasteiger partial charge in [0.1, 0.15) is 0 Å². The molecule has 2 aromatic rings. The molecule has 1 atom stereocenters. The third-order valence-electron chi connectivity index (χ3n) is 4.23. The molecule has 0 spiro atoms. The van der Waals surface area contributed by atoms with Crippen LogP contribution in [0.25, 0.3) is 0 Å². The quantitative estimate of drug-likeness (QED) is 0.940. The zero-order chi connectivity index (χ0) is 15.6. The van der Waals surface area contributed by atoms with Gasteiger partial charge in [0, 0.05) is 19.0 Å². The maximum Gasteiger partial charge on any atom is 0.175 e. The van der Waals surface area contributed by atoms with Crippen LogP contribution in [0.1, 0.15) is 36.6 Å². The van der Waals surface area contributed by atoms with Crippen LogP contribution < -0.4 is 0 Å². The van der Waals surface area contributed by atoms with Gasteiger partial charge >= 0.3 is 0 Å².